The van der Waals surface area contributed by atoms with Crippen LogP contribution in [0.1, 0.15) is 16.7 Å². The molecule has 0 amide bonds. The maximum absolute atomic E-state index is 14.0. The molecule has 0 spiro atoms. The van der Waals surface area contributed by atoms with E-state index >= 15 is 0 Å². The highest BCUT2D eigenvalue weighted by Crippen LogP contribution is 2.11. The SMILES string of the molecule is CN=C(NCc1cc(C#N)ccc1F)N(C)Cc1cnn(-c2ccccc2)c1. The smallest absolute Gasteiger partial charge is 0.193 e. The first-order chi connectivity index (χ1) is 13.6. The van der Waals surface area contributed by atoms with E-state index < -0.39 is 0 Å². The van der Waals surface area contributed by atoms with Gasteiger partial charge < -0.3 is 10.2 Å². The molecule has 142 valence electrons. The summed E-state index contributed by atoms with van der Waals surface area (Å²) in [5.41, 5.74) is 2.86. The van der Waals surface area contributed by atoms with Crippen molar-refractivity contribution < 1.29 is 4.39 Å². The second-order valence-electron chi connectivity index (χ2n) is 6.30. The van der Waals surface area contributed by atoms with Crippen molar-refractivity contribution in [1.82, 2.24) is 20.0 Å². The predicted octanol–water partition coefficient (Wildman–Crippen LogP) is 3.09. The Morgan fingerprint density at radius 2 is 2.07 bits per heavy atom. The van der Waals surface area contributed by atoms with E-state index in [1.54, 1.807) is 13.1 Å². The number of benzene rings is 2. The summed E-state index contributed by atoms with van der Waals surface area (Å²) in [5, 5.41) is 16.5. The lowest BCUT2D eigenvalue weighted by Crippen LogP contribution is -2.38. The Labute approximate surface area is 163 Å². The average molecular weight is 376 g/mol. The summed E-state index contributed by atoms with van der Waals surface area (Å²) in [6.45, 7) is 0.828. The fraction of sp³-hybridized carbons (Fsp3) is 0.190. The van der Waals surface area contributed by atoms with Crippen LogP contribution >= 0.6 is 0 Å². The minimum atomic E-state index is -0.353. The Hall–Kier alpha value is -3.66. The Bertz CT molecular complexity index is 1000. The number of rotatable bonds is 5. The third-order valence-corrected chi connectivity index (χ3v) is 4.26. The maximum Gasteiger partial charge on any atom is 0.193 e. The van der Waals surface area contributed by atoms with E-state index in [9.17, 15) is 4.39 Å². The van der Waals surface area contributed by atoms with Gasteiger partial charge in [0, 0.05) is 44.5 Å². The van der Waals surface area contributed by atoms with Crippen LogP contribution in [0.25, 0.3) is 5.69 Å². The molecule has 0 saturated carbocycles. The first kappa shape index (κ1) is 19.1. The van der Waals surface area contributed by atoms with Gasteiger partial charge in [0.25, 0.3) is 0 Å². The third kappa shape index (κ3) is 4.54. The molecule has 0 radical (unpaired) electrons. The summed E-state index contributed by atoms with van der Waals surface area (Å²) in [6.07, 6.45) is 3.78. The van der Waals surface area contributed by atoms with Gasteiger partial charge in [0.05, 0.1) is 23.5 Å². The molecule has 0 unspecified atom stereocenters. The molecule has 1 heterocycles. The summed E-state index contributed by atoms with van der Waals surface area (Å²) >= 11 is 0. The van der Waals surface area contributed by atoms with E-state index in [0.29, 0.717) is 23.6 Å². The van der Waals surface area contributed by atoms with Crippen LogP contribution in [0, 0.1) is 17.1 Å². The molecule has 1 N–H and O–H groups in total. The van der Waals surface area contributed by atoms with E-state index in [1.807, 2.05) is 65.4 Å². The number of nitrogens with one attached hydrogen (secondary N) is 1. The molecule has 28 heavy (non-hydrogen) atoms. The van der Waals surface area contributed by atoms with Gasteiger partial charge in [-0.05, 0) is 30.3 Å². The van der Waals surface area contributed by atoms with Crippen LogP contribution in [-0.4, -0.2) is 34.7 Å². The Morgan fingerprint density at radius 1 is 1.29 bits per heavy atom. The lowest BCUT2D eigenvalue weighted by Gasteiger charge is -2.21. The topological polar surface area (TPSA) is 69.2 Å². The Balaban J connectivity index is 1.64. The lowest BCUT2D eigenvalue weighted by molar-refractivity contribution is 0.475. The molecule has 0 saturated heterocycles. The number of guanidine groups is 1. The number of para-hydroxylation sites is 1. The number of hydrogen-bond donors (Lipinski definition) is 1. The summed E-state index contributed by atoms with van der Waals surface area (Å²) in [5.74, 6) is 0.267. The molecule has 0 aliphatic rings. The van der Waals surface area contributed by atoms with Crippen LogP contribution in [-0.2, 0) is 13.1 Å². The van der Waals surface area contributed by atoms with Crippen molar-refractivity contribution >= 4 is 5.96 Å². The zero-order chi connectivity index (χ0) is 19.9. The van der Waals surface area contributed by atoms with Crippen LogP contribution in [0.3, 0.4) is 0 Å². The highest BCUT2D eigenvalue weighted by Gasteiger charge is 2.10. The van der Waals surface area contributed by atoms with Gasteiger partial charge >= 0.3 is 0 Å². The van der Waals surface area contributed by atoms with Crippen molar-refractivity contribution in [1.29, 1.82) is 5.26 Å². The molecule has 6 nitrogen and oxygen atoms in total. The minimum Gasteiger partial charge on any atom is -0.352 e. The van der Waals surface area contributed by atoms with Gasteiger partial charge in [0.15, 0.2) is 5.96 Å². The van der Waals surface area contributed by atoms with Crippen LogP contribution in [0.4, 0.5) is 4.39 Å². The third-order valence-electron chi connectivity index (χ3n) is 4.26. The predicted molar refractivity (Wildman–Crippen MR) is 106 cm³/mol. The highest BCUT2D eigenvalue weighted by atomic mass is 19.1. The van der Waals surface area contributed by atoms with Crippen LogP contribution in [0.15, 0.2) is 65.9 Å². The fourth-order valence-electron chi connectivity index (χ4n) is 2.85. The molecule has 0 aliphatic heterocycles. The summed E-state index contributed by atoms with van der Waals surface area (Å²) in [7, 11) is 3.57. The second-order valence-corrected chi connectivity index (χ2v) is 6.30. The lowest BCUT2D eigenvalue weighted by atomic mass is 10.1. The largest absolute Gasteiger partial charge is 0.352 e. The van der Waals surface area contributed by atoms with Crippen molar-refractivity contribution in [2.24, 2.45) is 4.99 Å². The standard InChI is InChI=1S/C21H21FN6/c1-24-21(25-13-18-10-16(11-23)8-9-20(18)22)27(2)14-17-12-26-28(15-17)19-6-4-3-5-7-19/h3-10,12,15H,13-14H2,1-2H3,(H,24,25). The summed E-state index contributed by atoms with van der Waals surface area (Å²) in [6, 6.07) is 16.2. The molecule has 2 aromatic carbocycles. The van der Waals surface area contributed by atoms with Gasteiger partial charge in [-0.2, -0.15) is 10.4 Å². The van der Waals surface area contributed by atoms with E-state index in [4.69, 9.17) is 5.26 Å². The second kappa shape index (κ2) is 8.82. The van der Waals surface area contributed by atoms with Gasteiger partial charge in [-0.25, -0.2) is 9.07 Å². The summed E-state index contributed by atoms with van der Waals surface area (Å²) < 4.78 is 15.8. The van der Waals surface area contributed by atoms with E-state index in [2.05, 4.69) is 15.4 Å². The molecule has 0 fully saturated rings. The number of nitrogens with zero attached hydrogens (tertiary/aromatic N) is 5. The van der Waals surface area contributed by atoms with E-state index in [0.717, 1.165) is 11.3 Å². The Morgan fingerprint density at radius 3 is 2.79 bits per heavy atom. The normalized spacial score (nSPS) is 11.1. The molecule has 1 aromatic heterocycles. The number of halogens is 1. The molecule has 7 heteroatoms. The van der Waals surface area contributed by atoms with Gasteiger partial charge in [-0.1, -0.05) is 18.2 Å². The maximum atomic E-state index is 14.0. The van der Waals surface area contributed by atoms with Crippen LogP contribution in [0.5, 0.6) is 0 Å². The zero-order valence-electron chi connectivity index (χ0n) is 15.8. The highest BCUT2D eigenvalue weighted by molar-refractivity contribution is 5.79. The Kier molecular flexibility index (Phi) is 6.02. The van der Waals surface area contributed by atoms with Gasteiger partial charge in [-0.3, -0.25) is 4.99 Å². The van der Waals surface area contributed by atoms with Crippen molar-refractivity contribution in [2.45, 2.75) is 13.1 Å². The first-order valence-corrected chi connectivity index (χ1v) is 8.80. The number of hydrogen-bond acceptors (Lipinski definition) is 3. The van der Waals surface area contributed by atoms with Gasteiger partial charge in [0.1, 0.15) is 5.82 Å². The molecule has 0 bridgehead atoms. The van der Waals surface area contributed by atoms with Gasteiger partial charge in [-0.15, -0.1) is 0 Å². The van der Waals surface area contributed by atoms with Crippen molar-refractivity contribution in [3.05, 3.63) is 83.4 Å². The van der Waals surface area contributed by atoms with E-state index in [-0.39, 0.29) is 12.4 Å². The van der Waals surface area contributed by atoms with Crippen LogP contribution in [0.2, 0.25) is 0 Å². The molecule has 0 aliphatic carbocycles. The van der Waals surface area contributed by atoms with Crippen molar-refractivity contribution in [3.8, 4) is 11.8 Å². The minimum absolute atomic E-state index is 0.238. The molecule has 3 rings (SSSR count). The zero-order valence-corrected chi connectivity index (χ0v) is 15.8. The molecule has 0 atom stereocenters. The average Bonchev–Trinajstić information content (AvgIpc) is 3.19. The van der Waals surface area contributed by atoms with Gasteiger partial charge in [0.2, 0.25) is 0 Å². The quantitative estimate of drug-likeness (QED) is 0.549. The van der Waals surface area contributed by atoms with E-state index in [1.165, 1.54) is 12.1 Å². The van der Waals surface area contributed by atoms with Crippen molar-refractivity contribution in [2.75, 3.05) is 14.1 Å². The number of nitriles is 1. The van der Waals surface area contributed by atoms with Crippen molar-refractivity contribution in [3.63, 3.8) is 0 Å². The molecular formula is C21H21FN6. The fourth-order valence-corrected chi connectivity index (χ4v) is 2.85. The molecule has 3 aromatic rings. The number of aliphatic imine (C=N–C) groups is 1. The summed E-state index contributed by atoms with van der Waals surface area (Å²) in [4.78, 5) is 6.18. The first-order valence-electron chi connectivity index (χ1n) is 8.80. The van der Waals surface area contributed by atoms with Crippen LogP contribution < -0.4 is 5.32 Å². The monoisotopic (exact) mass is 376 g/mol. The molecular weight excluding hydrogens is 355 g/mol. The number of aromatic nitrogens is 2.